The Morgan fingerprint density at radius 1 is 1.10 bits per heavy atom. The van der Waals surface area contributed by atoms with E-state index in [2.05, 4.69) is 32.7 Å². The van der Waals surface area contributed by atoms with Crippen LogP contribution in [0, 0.1) is 0 Å². The minimum absolute atomic E-state index is 0. The van der Waals surface area contributed by atoms with Crippen LogP contribution in [-0.2, 0) is 17.8 Å². The molecule has 2 aromatic rings. The highest BCUT2D eigenvalue weighted by atomic mass is 127. The van der Waals surface area contributed by atoms with Crippen molar-refractivity contribution in [1.29, 1.82) is 0 Å². The number of rotatable bonds is 9. The Balaban J connectivity index is 0.00000320. The molecule has 0 aliphatic heterocycles. The summed E-state index contributed by atoms with van der Waals surface area (Å²) in [5.74, 6) is 1.54. The summed E-state index contributed by atoms with van der Waals surface area (Å²) in [7, 11) is 3.84. The van der Waals surface area contributed by atoms with Crippen molar-refractivity contribution in [2.24, 2.45) is 4.99 Å². The molecule has 0 heterocycles. The average molecular weight is 522 g/mol. The fraction of sp³-hybridized carbons (Fsp3) is 0.391. The van der Waals surface area contributed by atoms with Gasteiger partial charge in [-0.2, -0.15) is 0 Å². The first kappa shape index (κ1) is 24.0. The van der Waals surface area contributed by atoms with Crippen molar-refractivity contribution in [3.63, 3.8) is 0 Å². The Kier molecular flexibility index (Phi) is 9.93. The first-order chi connectivity index (χ1) is 14.1. The number of hydrogen-bond acceptors (Lipinski definition) is 3. The summed E-state index contributed by atoms with van der Waals surface area (Å²) in [6.07, 6.45) is 3.04. The van der Waals surface area contributed by atoms with Crippen LogP contribution < -0.4 is 15.4 Å². The molecule has 162 valence electrons. The SMILES string of the molecule is CN=C(NCCc1ccc(OCC(=O)NC2CC2)cc1)N(C)Cc1ccccc1.I. The summed E-state index contributed by atoms with van der Waals surface area (Å²) < 4.78 is 5.55. The van der Waals surface area contributed by atoms with Gasteiger partial charge >= 0.3 is 0 Å². The number of amides is 1. The van der Waals surface area contributed by atoms with Gasteiger partial charge < -0.3 is 20.3 Å². The van der Waals surface area contributed by atoms with E-state index in [0.29, 0.717) is 11.8 Å². The molecule has 2 N–H and O–H groups in total. The molecule has 0 saturated heterocycles. The van der Waals surface area contributed by atoms with Gasteiger partial charge in [0.1, 0.15) is 5.75 Å². The van der Waals surface area contributed by atoms with Gasteiger partial charge in [0.05, 0.1) is 0 Å². The van der Waals surface area contributed by atoms with E-state index in [1.165, 1.54) is 11.1 Å². The number of nitrogens with zero attached hydrogens (tertiary/aromatic N) is 2. The highest BCUT2D eigenvalue weighted by Gasteiger charge is 2.23. The van der Waals surface area contributed by atoms with Gasteiger partial charge in [0.2, 0.25) is 0 Å². The Hall–Kier alpha value is -2.29. The molecule has 7 heteroatoms. The van der Waals surface area contributed by atoms with Crippen molar-refractivity contribution in [2.75, 3.05) is 27.2 Å². The predicted molar refractivity (Wildman–Crippen MR) is 131 cm³/mol. The van der Waals surface area contributed by atoms with E-state index >= 15 is 0 Å². The normalized spacial score (nSPS) is 13.2. The maximum Gasteiger partial charge on any atom is 0.258 e. The number of nitrogens with one attached hydrogen (secondary N) is 2. The molecular weight excluding hydrogens is 491 g/mol. The maximum absolute atomic E-state index is 11.7. The first-order valence-corrected chi connectivity index (χ1v) is 10.1. The van der Waals surface area contributed by atoms with Crippen molar-refractivity contribution in [1.82, 2.24) is 15.5 Å². The second-order valence-electron chi connectivity index (χ2n) is 7.34. The molecule has 1 amide bonds. The van der Waals surface area contributed by atoms with Gasteiger partial charge in [0, 0.05) is 33.2 Å². The average Bonchev–Trinajstić information content (AvgIpc) is 3.55. The van der Waals surface area contributed by atoms with Crippen LogP contribution in [0.3, 0.4) is 0 Å². The van der Waals surface area contributed by atoms with E-state index in [4.69, 9.17) is 4.74 Å². The Morgan fingerprint density at radius 2 is 1.80 bits per heavy atom. The number of carbonyl (C=O) groups is 1. The third-order valence-electron chi connectivity index (χ3n) is 4.77. The standard InChI is InChI=1S/C23H30N4O2.HI/c1-24-23(27(2)16-19-6-4-3-5-7-19)25-15-14-18-8-12-21(13-9-18)29-17-22(28)26-20-10-11-20;/h3-9,12-13,20H,10-11,14-17H2,1-2H3,(H,24,25)(H,26,28);1H. The fourth-order valence-corrected chi connectivity index (χ4v) is 3.03. The lowest BCUT2D eigenvalue weighted by molar-refractivity contribution is -0.123. The molecular formula is C23H31IN4O2. The fourth-order valence-electron chi connectivity index (χ4n) is 3.03. The second-order valence-corrected chi connectivity index (χ2v) is 7.34. The number of aliphatic imine (C=N–C) groups is 1. The summed E-state index contributed by atoms with van der Waals surface area (Å²) in [6, 6.07) is 18.6. The monoisotopic (exact) mass is 522 g/mol. The number of ether oxygens (including phenoxy) is 1. The highest BCUT2D eigenvalue weighted by molar-refractivity contribution is 14.0. The molecule has 0 spiro atoms. The summed E-state index contributed by atoms with van der Waals surface area (Å²) >= 11 is 0. The second kappa shape index (κ2) is 12.4. The highest BCUT2D eigenvalue weighted by Crippen LogP contribution is 2.18. The van der Waals surface area contributed by atoms with Gasteiger partial charge in [-0.3, -0.25) is 9.79 Å². The zero-order valence-corrected chi connectivity index (χ0v) is 20.0. The zero-order chi connectivity index (χ0) is 20.5. The Morgan fingerprint density at radius 3 is 2.43 bits per heavy atom. The van der Waals surface area contributed by atoms with Crippen molar-refractivity contribution < 1.29 is 9.53 Å². The summed E-state index contributed by atoms with van der Waals surface area (Å²) in [6.45, 7) is 1.66. The predicted octanol–water partition coefficient (Wildman–Crippen LogP) is 3.21. The van der Waals surface area contributed by atoms with E-state index < -0.39 is 0 Å². The van der Waals surface area contributed by atoms with Crippen LogP contribution in [0.4, 0.5) is 0 Å². The van der Waals surface area contributed by atoms with Crippen molar-refractivity contribution >= 4 is 35.8 Å². The van der Waals surface area contributed by atoms with Gasteiger partial charge in [-0.1, -0.05) is 42.5 Å². The minimum Gasteiger partial charge on any atom is -0.484 e. The van der Waals surface area contributed by atoms with E-state index in [1.54, 1.807) is 7.05 Å². The maximum atomic E-state index is 11.7. The molecule has 0 unspecified atom stereocenters. The third-order valence-corrected chi connectivity index (χ3v) is 4.77. The lowest BCUT2D eigenvalue weighted by Gasteiger charge is -2.22. The van der Waals surface area contributed by atoms with Gasteiger partial charge in [0.15, 0.2) is 12.6 Å². The lowest BCUT2D eigenvalue weighted by atomic mass is 10.1. The van der Waals surface area contributed by atoms with Crippen molar-refractivity contribution in [2.45, 2.75) is 31.8 Å². The number of benzene rings is 2. The smallest absolute Gasteiger partial charge is 0.258 e. The van der Waals surface area contributed by atoms with Crippen LogP contribution in [0.15, 0.2) is 59.6 Å². The van der Waals surface area contributed by atoms with Crippen LogP contribution in [0.2, 0.25) is 0 Å². The molecule has 1 aliphatic carbocycles. The zero-order valence-electron chi connectivity index (χ0n) is 17.6. The van der Waals surface area contributed by atoms with Gasteiger partial charge in [-0.05, 0) is 42.5 Å². The third kappa shape index (κ3) is 8.22. The van der Waals surface area contributed by atoms with Crippen molar-refractivity contribution in [3.05, 3.63) is 65.7 Å². The molecule has 30 heavy (non-hydrogen) atoms. The largest absolute Gasteiger partial charge is 0.484 e. The molecule has 1 aliphatic rings. The molecule has 1 saturated carbocycles. The Bertz CT molecular complexity index is 808. The number of hydrogen-bond donors (Lipinski definition) is 2. The van der Waals surface area contributed by atoms with E-state index in [0.717, 1.165) is 38.3 Å². The minimum atomic E-state index is -0.0493. The van der Waals surface area contributed by atoms with Crippen LogP contribution in [0.1, 0.15) is 24.0 Å². The van der Waals surface area contributed by atoms with Crippen LogP contribution in [-0.4, -0.2) is 50.1 Å². The molecule has 0 aromatic heterocycles. The number of guanidine groups is 1. The van der Waals surface area contributed by atoms with Gasteiger partial charge in [-0.15, -0.1) is 24.0 Å². The lowest BCUT2D eigenvalue weighted by Crippen LogP contribution is -2.39. The Labute approximate surface area is 196 Å². The van der Waals surface area contributed by atoms with Gasteiger partial charge in [0.25, 0.3) is 5.91 Å². The number of carbonyl (C=O) groups excluding carboxylic acids is 1. The molecule has 3 rings (SSSR count). The molecule has 2 aromatic carbocycles. The molecule has 0 radical (unpaired) electrons. The molecule has 0 atom stereocenters. The van der Waals surface area contributed by atoms with Crippen LogP contribution >= 0.6 is 24.0 Å². The number of halogens is 1. The topological polar surface area (TPSA) is 66.0 Å². The molecule has 6 nitrogen and oxygen atoms in total. The van der Waals surface area contributed by atoms with Gasteiger partial charge in [-0.25, -0.2) is 0 Å². The quantitative estimate of drug-likeness (QED) is 0.302. The van der Waals surface area contributed by atoms with E-state index in [1.807, 2.05) is 49.5 Å². The van der Waals surface area contributed by atoms with E-state index in [-0.39, 0.29) is 36.5 Å². The summed E-state index contributed by atoms with van der Waals surface area (Å²) in [5.41, 5.74) is 2.45. The summed E-state index contributed by atoms with van der Waals surface area (Å²) in [4.78, 5) is 18.2. The summed E-state index contributed by atoms with van der Waals surface area (Å²) in [5, 5.41) is 6.32. The molecule has 1 fully saturated rings. The van der Waals surface area contributed by atoms with Crippen LogP contribution in [0.5, 0.6) is 5.75 Å². The first-order valence-electron chi connectivity index (χ1n) is 10.1. The van der Waals surface area contributed by atoms with Crippen LogP contribution in [0.25, 0.3) is 0 Å². The van der Waals surface area contributed by atoms with E-state index in [9.17, 15) is 4.79 Å². The molecule has 0 bridgehead atoms. The van der Waals surface area contributed by atoms with Crippen molar-refractivity contribution in [3.8, 4) is 5.75 Å².